The highest BCUT2D eigenvalue weighted by atomic mass is 79.9. The Hall–Kier alpha value is -2.48. The van der Waals surface area contributed by atoms with E-state index in [9.17, 15) is 18.4 Å². The Balaban J connectivity index is 2.04. The maximum atomic E-state index is 14.0. The van der Waals surface area contributed by atoms with Crippen molar-refractivity contribution in [1.82, 2.24) is 9.36 Å². The Morgan fingerprint density at radius 3 is 2.48 bits per heavy atom. The van der Waals surface area contributed by atoms with Gasteiger partial charge in [0.25, 0.3) is 5.56 Å². The van der Waals surface area contributed by atoms with Gasteiger partial charge < -0.3 is 5.32 Å². The van der Waals surface area contributed by atoms with Gasteiger partial charge in [-0.15, -0.1) is 0 Å². The fourth-order valence-electron chi connectivity index (χ4n) is 2.97. The molecule has 5 nitrogen and oxygen atoms in total. The minimum absolute atomic E-state index is 0.0236. The molecule has 27 heavy (non-hydrogen) atoms. The van der Waals surface area contributed by atoms with Gasteiger partial charge in [-0.05, 0) is 57.2 Å². The summed E-state index contributed by atoms with van der Waals surface area (Å²) in [6.45, 7) is 5.17. The number of nitrogens with zero attached hydrogens (tertiary/aromatic N) is 2. The molecule has 0 atom stereocenters. The number of fused-ring (bicyclic) bond motifs is 1. The van der Waals surface area contributed by atoms with E-state index in [0.717, 1.165) is 0 Å². The number of aromatic nitrogens is 2. The number of carbonyl (C=O) groups is 1. The molecule has 142 valence electrons. The van der Waals surface area contributed by atoms with E-state index >= 15 is 0 Å². The summed E-state index contributed by atoms with van der Waals surface area (Å²) in [5, 5.41) is 2.80. The molecule has 0 spiro atoms. The first-order valence-corrected chi connectivity index (χ1v) is 9.03. The zero-order chi connectivity index (χ0) is 19.9. The van der Waals surface area contributed by atoms with Crippen molar-refractivity contribution >= 4 is 38.4 Å². The quantitative estimate of drug-likeness (QED) is 0.666. The number of rotatable bonds is 3. The maximum Gasteiger partial charge on any atom is 0.275 e. The van der Waals surface area contributed by atoms with E-state index in [4.69, 9.17) is 0 Å². The van der Waals surface area contributed by atoms with Gasteiger partial charge >= 0.3 is 0 Å². The van der Waals surface area contributed by atoms with Gasteiger partial charge in [0.15, 0.2) is 0 Å². The Labute approximate surface area is 162 Å². The molecule has 0 aliphatic carbocycles. The zero-order valence-electron chi connectivity index (χ0n) is 15.0. The van der Waals surface area contributed by atoms with Crippen molar-refractivity contribution in [3.05, 3.63) is 62.9 Å². The zero-order valence-corrected chi connectivity index (χ0v) is 16.6. The van der Waals surface area contributed by atoms with Crippen molar-refractivity contribution in [2.75, 3.05) is 5.32 Å². The molecule has 3 aromatic rings. The van der Waals surface area contributed by atoms with Gasteiger partial charge in [-0.1, -0.05) is 15.9 Å². The second-order valence-electron chi connectivity index (χ2n) is 7.18. The summed E-state index contributed by atoms with van der Waals surface area (Å²) in [5.74, 6) is -1.63. The summed E-state index contributed by atoms with van der Waals surface area (Å²) in [6, 6.07) is 8.09. The number of carbonyl (C=O) groups excluding carboxylic acids is 1. The van der Waals surface area contributed by atoms with Crippen LogP contribution in [0.3, 0.4) is 0 Å². The molecule has 1 heterocycles. The van der Waals surface area contributed by atoms with E-state index in [-0.39, 0.29) is 17.8 Å². The molecule has 0 unspecified atom stereocenters. The van der Waals surface area contributed by atoms with E-state index in [2.05, 4.69) is 21.2 Å². The molecule has 8 heteroatoms. The summed E-state index contributed by atoms with van der Waals surface area (Å²) >= 11 is 3.15. The Morgan fingerprint density at radius 2 is 1.85 bits per heavy atom. The third kappa shape index (κ3) is 3.80. The van der Waals surface area contributed by atoms with E-state index in [1.165, 1.54) is 39.7 Å². The average Bonchev–Trinajstić information content (AvgIpc) is 2.81. The molecule has 3 rings (SSSR count). The van der Waals surface area contributed by atoms with Gasteiger partial charge in [-0.2, -0.15) is 0 Å². The summed E-state index contributed by atoms with van der Waals surface area (Å²) in [5.41, 5.74) is -0.632. The normalized spacial score (nSPS) is 11.8. The van der Waals surface area contributed by atoms with Crippen molar-refractivity contribution in [1.29, 1.82) is 0 Å². The van der Waals surface area contributed by atoms with Crippen LogP contribution in [0.4, 0.5) is 14.5 Å². The van der Waals surface area contributed by atoms with Gasteiger partial charge in [-0.25, -0.2) is 13.5 Å². The average molecular weight is 438 g/mol. The van der Waals surface area contributed by atoms with Crippen LogP contribution in [0.25, 0.3) is 10.9 Å². The van der Waals surface area contributed by atoms with Crippen LogP contribution in [-0.2, 0) is 16.9 Å². The molecule has 1 N–H and O–H groups in total. The Kier molecular flexibility index (Phi) is 4.94. The molecular formula is C19H18BrF2N3O2. The molecule has 0 radical (unpaired) electrons. The standard InChI is InChI=1S/C19H18BrF2N3O2/c1-19(2,3)25-18(27)13-6-5-12(21)9-16(13)24(25)10-17(26)23-15-7-4-11(20)8-14(15)22/h4-9H,10H2,1-3H3,(H,23,26). The first kappa shape index (κ1) is 19.3. The van der Waals surface area contributed by atoms with E-state index in [1.54, 1.807) is 6.07 Å². The molecular weight excluding hydrogens is 420 g/mol. The lowest BCUT2D eigenvalue weighted by molar-refractivity contribution is -0.117. The van der Waals surface area contributed by atoms with Gasteiger partial charge in [0.05, 0.1) is 22.1 Å². The molecule has 0 aliphatic heterocycles. The van der Waals surface area contributed by atoms with Crippen molar-refractivity contribution in [3.8, 4) is 0 Å². The lowest BCUT2D eigenvalue weighted by atomic mass is 10.1. The highest BCUT2D eigenvalue weighted by Gasteiger charge is 2.24. The summed E-state index contributed by atoms with van der Waals surface area (Å²) in [4.78, 5) is 25.3. The van der Waals surface area contributed by atoms with E-state index in [0.29, 0.717) is 15.4 Å². The SMILES string of the molecule is CC(C)(C)n1c(=O)c2ccc(F)cc2n1CC(=O)Nc1ccc(Br)cc1F. The number of hydrogen-bond acceptors (Lipinski definition) is 2. The first-order chi connectivity index (χ1) is 12.6. The molecule has 0 saturated carbocycles. The van der Waals surface area contributed by atoms with E-state index in [1.807, 2.05) is 20.8 Å². The maximum absolute atomic E-state index is 14.0. The molecule has 1 amide bonds. The predicted octanol–water partition coefficient (Wildman–Crippen LogP) is 4.24. The summed E-state index contributed by atoms with van der Waals surface area (Å²) < 4.78 is 31.1. The molecule has 0 aliphatic rings. The first-order valence-electron chi connectivity index (χ1n) is 8.24. The van der Waals surface area contributed by atoms with E-state index < -0.39 is 23.1 Å². The van der Waals surface area contributed by atoms with Crippen molar-refractivity contribution in [2.45, 2.75) is 32.9 Å². The number of nitrogens with one attached hydrogen (secondary N) is 1. The van der Waals surface area contributed by atoms with Crippen LogP contribution >= 0.6 is 15.9 Å². The van der Waals surface area contributed by atoms with Gasteiger partial charge in [0, 0.05) is 4.47 Å². The predicted molar refractivity (Wildman–Crippen MR) is 104 cm³/mol. The highest BCUT2D eigenvalue weighted by Crippen LogP contribution is 2.21. The van der Waals surface area contributed by atoms with Crippen LogP contribution in [0.15, 0.2) is 45.7 Å². The topological polar surface area (TPSA) is 56.0 Å². The largest absolute Gasteiger partial charge is 0.322 e. The van der Waals surface area contributed by atoms with Crippen LogP contribution in [0.2, 0.25) is 0 Å². The van der Waals surface area contributed by atoms with Crippen LogP contribution in [0.5, 0.6) is 0 Å². The monoisotopic (exact) mass is 437 g/mol. The molecule has 0 bridgehead atoms. The molecule has 2 aromatic carbocycles. The van der Waals surface area contributed by atoms with Gasteiger partial charge in [-0.3, -0.25) is 14.3 Å². The second kappa shape index (κ2) is 6.92. The summed E-state index contributed by atoms with van der Waals surface area (Å²) in [6.07, 6.45) is 0. The second-order valence-corrected chi connectivity index (χ2v) is 8.09. The van der Waals surface area contributed by atoms with Crippen molar-refractivity contribution in [3.63, 3.8) is 0 Å². The Bertz CT molecular complexity index is 1100. The van der Waals surface area contributed by atoms with Crippen molar-refractivity contribution < 1.29 is 13.6 Å². The van der Waals surface area contributed by atoms with Crippen molar-refractivity contribution in [2.24, 2.45) is 0 Å². The third-order valence-electron chi connectivity index (χ3n) is 4.04. The number of anilines is 1. The lowest BCUT2D eigenvalue weighted by Gasteiger charge is -2.24. The minimum atomic E-state index is -0.643. The smallest absolute Gasteiger partial charge is 0.275 e. The molecule has 0 saturated heterocycles. The third-order valence-corrected chi connectivity index (χ3v) is 4.53. The number of amides is 1. The fraction of sp³-hybridized carbons (Fsp3) is 0.263. The highest BCUT2D eigenvalue weighted by molar-refractivity contribution is 9.10. The molecule has 0 fully saturated rings. The number of benzene rings is 2. The van der Waals surface area contributed by atoms with Gasteiger partial charge in [0.1, 0.15) is 18.2 Å². The van der Waals surface area contributed by atoms with Crippen LogP contribution in [-0.4, -0.2) is 15.3 Å². The summed E-state index contributed by atoms with van der Waals surface area (Å²) in [7, 11) is 0. The number of hydrogen-bond donors (Lipinski definition) is 1. The number of halogens is 3. The fourth-order valence-corrected chi connectivity index (χ4v) is 3.30. The lowest BCUT2D eigenvalue weighted by Crippen LogP contribution is -2.38. The molecule has 1 aromatic heterocycles. The van der Waals surface area contributed by atoms with Crippen LogP contribution in [0, 0.1) is 11.6 Å². The Morgan fingerprint density at radius 1 is 1.15 bits per heavy atom. The van der Waals surface area contributed by atoms with Crippen LogP contribution in [0.1, 0.15) is 20.8 Å². The van der Waals surface area contributed by atoms with Gasteiger partial charge in [0.2, 0.25) is 5.91 Å². The minimum Gasteiger partial charge on any atom is -0.322 e. The van der Waals surface area contributed by atoms with Crippen LogP contribution < -0.4 is 10.9 Å².